The summed E-state index contributed by atoms with van der Waals surface area (Å²) in [5, 5.41) is 14.0. The van der Waals surface area contributed by atoms with E-state index in [1.54, 1.807) is 24.3 Å². The Labute approximate surface area is 98.8 Å². The van der Waals surface area contributed by atoms with Crippen LogP contribution in [0.15, 0.2) is 30.3 Å². The molecule has 17 heavy (non-hydrogen) atoms. The lowest BCUT2D eigenvalue weighted by Gasteiger charge is -2.14. The van der Waals surface area contributed by atoms with E-state index in [9.17, 15) is 9.59 Å². The second kappa shape index (κ2) is 4.86. The van der Waals surface area contributed by atoms with Crippen LogP contribution in [0.25, 0.3) is 0 Å². The average Bonchev–Trinajstić information content (AvgIpc) is 3.11. The van der Waals surface area contributed by atoms with Gasteiger partial charge < -0.3 is 15.7 Å². The summed E-state index contributed by atoms with van der Waals surface area (Å²) in [6.07, 6.45) is 1.73. The zero-order valence-corrected chi connectivity index (χ0v) is 9.22. The van der Waals surface area contributed by atoms with Gasteiger partial charge in [-0.3, -0.25) is 0 Å². The second-order valence-corrected chi connectivity index (χ2v) is 4.12. The van der Waals surface area contributed by atoms with Crippen LogP contribution in [-0.2, 0) is 4.79 Å². The van der Waals surface area contributed by atoms with Crippen molar-refractivity contribution < 1.29 is 14.7 Å². The molecule has 1 fully saturated rings. The highest BCUT2D eigenvalue weighted by atomic mass is 16.4. The first-order valence-corrected chi connectivity index (χ1v) is 5.52. The highest BCUT2D eigenvalue weighted by Crippen LogP contribution is 2.32. The van der Waals surface area contributed by atoms with E-state index >= 15 is 0 Å². The highest BCUT2D eigenvalue weighted by Gasteiger charge is 2.37. The van der Waals surface area contributed by atoms with Crippen LogP contribution in [0.2, 0.25) is 0 Å². The maximum absolute atomic E-state index is 11.6. The zero-order chi connectivity index (χ0) is 12.3. The van der Waals surface area contributed by atoms with E-state index in [1.807, 2.05) is 6.07 Å². The van der Waals surface area contributed by atoms with Gasteiger partial charge in [-0.15, -0.1) is 0 Å². The van der Waals surface area contributed by atoms with Crippen molar-refractivity contribution in [1.82, 2.24) is 5.32 Å². The number of rotatable bonds is 4. The number of carbonyl (C=O) groups excluding carboxylic acids is 1. The molecule has 0 bridgehead atoms. The van der Waals surface area contributed by atoms with Crippen molar-refractivity contribution in [2.24, 2.45) is 5.92 Å². The summed E-state index contributed by atoms with van der Waals surface area (Å²) in [4.78, 5) is 22.5. The van der Waals surface area contributed by atoms with Crippen molar-refractivity contribution in [2.45, 2.75) is 18.9 Å². The number of carbonyl (C=O) groups is 2. The number of benzene rings is 1. The van der Waals surface area contributed by atoms with Crippen LogP contribution in [-0.4, -0.2) is 23.1 Å². The number of aliphatic carboxylic acids is 1. The van der Waals surface area contributed by atoms with E-state index in [0.29, 0.717) is 5.69 Å². The van der Waals surface area contributed by atoms with Gasteiger partial charge in [0.15, 0.2) is 0 Å². The van der Waals surface area contributed by atoms with Gasteiger partial charge in [0.05, 0.1) is 0 Å². The lowest BCUT2D eigenvalue weighted by atomic mass is 10.2. The van der Waals surface area contributed by atoms with Gasteiger partial charge in [0, 0.05) is 5.69 Å². The zero-order valence-electron chi connectivity index (χ0n) is 9.22. The van der Waals surface area contributed by atoms with E-state index in [0.717, 1.165) is 12.8 Å². The van der Waals surface area contributed by atoms with Gasteiger partial charge in [0.2, 0.25) is 0 Å². The van der Waals surface area contributed by atoms with Gasteiger partial charge in [-0.05, 0) is 30.9 Å². The molecule has 0 aliphatic heterocycles. The molecular formula is C12H14N2O3. The quantitative estimate of drug-likeness (QED) is 0.741. The number of hydrogen-bond donors (Lipinski definition) is 3. The molecule has 2 amide bonds. The van der Waals surface area contributed by atoms with Crippen LogP contribution in [0.3, 0.4) is 0 Å². The number of hydrogen-bond acceptors (Lipinski definition) is 2. The van der Waals surface area contributed by atoms with Crippen LogP contribution in [0.4, 0.5) is 10.5 Å². The molecule has 1 aliphatic rings. The predicted octanol–water partition coefficient (Wildman–Crippen LogP) is 1.67. The standard InChI is InChI=1S/C12H14N2O3/c15-11(16)10(8-6-7-8)14-12(17)13-9-4-2-1-3-5-9/h1-5,8,10H,6-7H2,(H,15,16)(H2,13,14,17). The van der Waals surface area contributed by atoms with Crippen LogP contribution in [0.1, 0.15) is 12.8 Å². The summed E-state index contributed by atoms with van der Waals surface area (Å²) in [5.41, 5.74) is 0.643. The van der Waals surface area contributed by atoms with E-state index < -0.39 is 18.0 Å². The second-order valence-electron chi connectivity index (χ2n) is 4.12. The first kappa shape index (κ1) is 11.4. The molecule has 5 heteroatoms. The highest BCUT2D eigenvalue weighted by molar-refractivity contribution is 5.92. The van der Waals surface area contributed by atoms with Gasteiger partial charge in [-0.25, -0.2) is 9.59 Å². The molecule has 1 unspecified atom stereocenters. The molecule has 0 spiro atoms. The molecule has 0 heterocycles. The van der Waals surface area contributed by atoms with Gasteiger partial charge in [-0.1, -0.05) is 18.2 Å². The van der Waals surface area contributed by atoms with Gasteiger partial charge >= 0.3 is 12.0 Å². The summed E-state index contributed by atoms with van der Waals surface area (Å²) < 4.78 is 0. The fraction of sp³-hybridized carbons (Fsp3) is 0.333. The fourth-order valence-electron chi connectivity index (χ4n) is 1.64. The lowest BCUT2D eigenvalue weighted by molar-refractivity contribution is -0.139. The van der Waals surface area contributed by atoms with Gasteiger partial charge in [0.25, 0.3) is 0 Å². The molecule has 1 aliphatic carbocycles. The molecule has 1 atom stereocenters. The topological polar surface area (TPSA) is 78.4 Å². The molecule has 0 saturated heterocycles. The number of urea groups is 1. The molecule has 1 saturated carbocycles. The van der Waals surface area contributed by atoms with E-state index in [1.165, 1.54) is 0 Å². The van der Waals surface area contributed by atoms with Crippen LogP contribution < -0.4 is 10.6 Å². The third-order valence-electron chi connectivity index (χ3n) is 2.68. The molecule has 1 aromatic carbocycles. The summed E-state index contributed by atoms with van der Waals surface area (Å²) in [5.74, 6) is -0.898. The third kappa shape index (κ3) is 3.21. The Bertz CT molecular complexity index is 415. The summed E-state index contributed by atoms with van der Waals surface area (Å²) in [7, 11) is 0. The number of amides is 2. The minimum absolute atomic E-state index is 0.0778. The number of carboxylic acids is 1. The van der Waals surface area contributed by atoms with Crippen molar-refractivity contribution in [3.63, 3.8) is 0 Å². The Kier molecular flexibility index (Phi) is 3.27. The Morgan fingerprint density at radius 2 is 1.88 bits per heavy atom. The Hall–Kier alpha value is -2.04. The SMILES string of the molecule is O=C(Nc1ccccc1)NC(C(=O)O)C1CC1. The predicted molar refractivity (Wildman–Crippen MR) is 62.7 cm³/mol. The molecule has 1 aromatic rings. The van der Waals surface area contributed by atoms with Gasteiger partial charge in [-0.2, -0.15) is 0 Å². The van der Waals surface area contributed by atoms with Gasteiger partial charge in [0.1, 0.15) is 6.04 Å². The minimum atomic E-state index is -0.976. The van der Waals surface area contributed by atoms with Crippen molar-refractivity contribution in [1.29, 1.82) is 0 Å². The number of nitrogens with one attached hydrogen (secondary N) is 2. The Balaban J connectivity index is 1.90. The molecule has 0 aromatic heterocycles. The smallest absolute Gasteiger partial charge is 0.326 e. The third-order valence-corrected chi connectivity index (χ3v) is 2.68. The first-order valence-electron chi connectivity index (χ1n) is 5.52. The summed E-state index contributed by atoms with van der Waals surface area (Å²) in [6, 6.07) is 7.66. The van der Waals surface area contributed by atoms with Crippen LogP contribution >= 0.6 is 0 Å². The van der Waals surface area contributed by atoms with Crippen molar-refractivity contribution >= 4 is 17.7 Å². The van der Waals surface area contributed by atoms with Crippen molar-refractivity contribution in [2.75, 3.05) is 5.32 Å². The normalized spacial score (nSPS) is 16.0. The maximum Gasteiger partial charge on any atom is 0.326 e. The molecule has 5 nitrogen and oxygen atoms in total. The number of para-hydroxylation sites is 1. The summed E-state index contributed by atoms with van der Waals surface area (Å²) >= 11 is 0. The number of carboxylic acid groups (broad SMARTS) is 1. The van der Waals surface area contributed by atoms with Crippen molar-refractivity contribution in [3.8, 4) is 0 Å². The molecule has 90 valence electrons. The maximum atomic E-state index is 11.6. The molecule has 2 rings (SSSR count). The summed E-state index contributed by atoms with van der Waals surface area (Å²) in [6.45, 7) is 0. The Morgan fingerprint density at radius 1 is 1.24 bits per heavy atom. The largest absolute Gasteiger partial charge is 0.480 e. The average molecular weight is 234 g/mol. The van der Waals surface area contributed by atoms with E-state index in [4.69, 9.17) is 5.11 Å². The van der Waals surface area contributed by atoms with E-state index in [-0.39, 0.29) is 5.92 Å². The van der Waals surface area contributed by atoms with Crippen molar-refractivity contribution in [3.05, 3.63) is 30.3 Å². The Morgan fingerprint density at radius 3 is 2.41 bits per heavy atom. The van der Waals surface area contributed by atoms with Crippen LogP contribution in [0.5, 0.6) is 0 Å². The molecule has 3 N–H and O–H groups in total. The van der Waals surface area contributed by atoms with Crippen LogP contribution in [0, 0.1) is 5.92 Å². The fourth-order valence-corrected chi connectivity index (χ4v) is 1.64. The monoisotopic (exact) mass is 234 g/mol. The van der Waals surface area contributed by atoms with E-state index in [2.05, 4.69) is 10.6 Å². The minimum Gasteiger partial charge on any atom is -0.480 e. The lowest BCUT2D eigenvalue weighted by Crippen LogP contribution is -2.44. The molecular weight excluding hydrogens is 220 g/mol. The first-order chi connectivity index (χ1) is 8.16. The number of anilines is 1. The molecule has 0 radical (unpaired) electrons.